The van der Waals surface area contributed by atoms with Crippen LogP contribution in [-0.2, 0) is 0 Å². The van der Waals surface area contributed by atoms with Gasteiger partial charge in [-0.3, -0.25) is 5.01 Å². The molecular formula is C14H20N2. The van der Waals surface area contributed by atoms with Crippen molar-refractivity contribution in [2.45, 2.75) is 39.0 Å². The lowest BCUT2D eigenvalue weighted by Gasteiger charge is -2.20. The van der Waals surface area contributed by atoms with Crippen LogP contribution < -0.4 is 5.01 Å². The Labute approximate surface area is 98.0 Å². The Morgan fingerprint density at radius 3 is 2.75 bits per heavy atom. The zero-order chi connectivity index (χ0) is 11.2. The van der Waals surface area contributed by atoms with Gasteiger partial charge in [0.05, 0.1) is 5.69 Å². The lowest BCUT2D eigenvalue weighted by atomic mass is 10.1. The van der Waals surface area contributed by atoms with Crippen molar-refractivity contribution in [1.29, 1.82) is 0 Å². The second-order valence-corrected chi connectivity index (χ2v) is 4.41. The van der Waals surface area contributed by atoms with Gasteiger partial charge in [0.25, 0.3) is 0 Å². The summed E-state index contributed by atoms with van der Waals surface area (Å²) in [5.74, 6) is 0. The molecule has 0 amide bonds. The molecule has 1 aromatic rings. The molecule has 0 aromatic heterocycles. The Balaban J connectivity index is 2.16. The van der Waals surface area contributed by atoms with Crippen LogP contribution in [0.1, 0.15) is 37.7 Å². The minimum absolute atomic E-state index is 1.04. The van der Waals surface area contributed by atoms with E-state index in [1.165, 1.54) is 36.9 Å². The highest BCUT2D eigenvalue weighted by Gasteiger charge is 2.07. The Morgan fingerprint density at radius 1 is 1.06 bits per heavy atom. The summed E-state index contributed by atoms with van der Waals surface area (Å²) in [6, 6.07) is 8.48. The highest BCUT2D eigenvalue weighted by Crippen LogP contribution is 2.21. The van der Waals surface area contributed by atoms with Crippen molar-refractivity contribution in [2.24, 2.45) is 5.10 Å². The number of hydrogen-bond donors (Lipinski definition) is 0. The highest BCUT2D eigenvalue weighted by atomic mass is 15.4. The zero-order valence-electron chi connectivity index (χ0n) is 10.0. The summed E-state index contributed by atoms with van der Waals surface area (Å²) in [6.45, 7) is 3.19. The average molecular weight is 216 g/mol. The summed E-state index contributed by atoms with van der Waals surface area (Å²) >= 11 is 0. The number of rotatable bonds is 1. The first kappa shape index (κ1) is 11.2. The maximum Gasteiger partial charge on any atom is 0.0622 e. The van der Waals surface area contributed by atoms with Gasteiger partial charge in [-0.15, -0.1) is 0 Å². The molecule has 0 saturated carbocycles. The summed E-state index contributed by atoms with van der Waals surface area (Å²) in [5.41, 5.74) is 2.56. The van der Waals surface area contributed by atoms with Gasteiger partial charge in [-0.25, -0.2) is 0 Å². The highest BCUT2D eigenvalue weighted by molar-refractivity contribution is 5.61. The number of nitrogens with zero attached hydrogens (tertiary/aromatic N) is 2. The van der Waals surface area contributed by atoms with Gasteiger partial charge in [0.2, 0.25) is 0 Å². The number of hydrazone groups is 1. The molecule has 0 radical (unpaired) electrons. The molecule has 1 heterocycles. The van der Waals surface area contributed by atoms with Crippen LogP contribution in [0, 0.1) is 6.92 Å². The van der Waals surface area contributed by atoms with E-state index >= 15 is 0 Å². The van der Waals surface area contributed by atoms with Gasteiger partial charge in [0.15, 0.2) is 0 Å². The first-order chi connectivity index (χ1) is 7.88. The van der Waals surface area contributed by atoms with E-state index in [1.807, 2.05) is 0 Å². The topological polar surface area (TPSA) is 15.6 Å². The van der Waals surface area contributed by atoms with Crippen molar-refractivity contribution >= 4 is 11.9 Å². The number of benzene rings is 1. The number of aryl methyl sites for hydroxylation is 1. The monoisotopic (exact) mass is 216 g/mol. The summed E-state index contributed by atoms with van der Waals surface area (Å²) < 4.78 is 0. The molecule has 0 saturated heterocycles. The molecule has 0 N–H and O–H groups in total. The molecule has 1 aliphatic rings. The predicted molar refractivity (Wildman–Crippen MR) is 70.1 cm³/mol. The molecule has 0 fully saturated rings. The van der Waals surface area contributed by atoms with Crippen LogP contribution in [0.3, 0.4) is 0 Å². The van der Waals surface area contributed by atoms with Crippen LogP contribution in [0.15, 0.2) is 29.4 Å². The molecular weight excluding hydrogens is 196 g/mol. The Hall–Kier alpha value is -1.31. The van der Waals surface area contributed by atoms with Crippen molar-refractivity contribution in [1.82, 2.24) is 0 Å². The largest absolute Gasteiger partial charge is 0.266 e. The fourth-order valence-electron chi connectivity index (χ4n) is 2.10. The van der Waals surface area contributed by atoms with Crippen LogP contribution in [0.25, 0.3) is 0 Å². The van der Waals surface area contributed by atoms with Crippen LogP contribution in [-0.4, -0.2) is 12.8 Å². The number of para-hydroxylation sites is 1. The quantitative estimate of drug-likeness (QED) is 0.698. The standard InChI is InChI=1S/C14H20N2/c1-13-9-5-6-10-14(13)16-12-8-4-2-3-7-11-15-16/h5-6,9-11H,2-4,7-8,12H2,1H3/b15-11-. The van der Waals surface area contributed by atoms with E-state index < -0.39 is 0 Å². The van der Waals surface area contributed by atoms with E-state index in [4.69, 9.17) is 0 Å². The summed E-state index contributed by atoms with van der Waals surface area (Å²) in [5, 5.41) is 6.74. The van der Waals surface area contributed by atoms with Crippen molar-refractivity contribution < 1.29 is 0 Å². The second-order valence-electron chi connectivity index (χ2n) is 4.41. The zero-order valence-corrected chi connectivity index (χ0v) is 10.0. The Bertz CT molecular complexity index is 358. The lowest BCUT2D eigenvalue weighted by Crippen LogP contribution is -2.18. The molecule has 0 atom stereocenters. The number of anilines is 1. The molecule has 1 aromatic carbocycles. The Morgan fingerprint density at radius 2 is 1.88 bits per heavy atom. The normalized spacial score (nSPS) is 19.7. The van der Waals surface area contributed by atoms with Crippen LogP contribution in [0.2, 0.25) is 0 Å². The van der Waals surface area contributed by atoms with Crippen LogP contribution in [0.4, 0.5) is 5.69 Å². The molecule has 0 spiro atoms. The third-order valence-corrected chi connectivity index (χ3v) is 3.07. The fraction of sp³-hybridized carbons (Fsp3) is 0.500. The fourth-order valence-corrected chi connectivity index (χ4v) is 2.10. The third-order valence-electron chi connectivity index (χ3n) is 3.07. The van der Waals surface area contributed by atoms with Gasteiger partial charge in [-0.1, -0.05) is 31.0 Å². The van der Waals surface area contributed by atoms with E-state index in [0.29, 0.717) is 0 Å². The van der Waals surface area contributed by atoms with Gasteiger partial charge in [0.1, 0.15) is 0 Å². The molecule has 1 aliphatic heterocycles. The average Bonchev–Trinajstić information content (AvgIpc) is 2.43. The predicted octanol–water partition coefficient (Wildman–Crippen LogP) is 3.75. The number of hydrogen-bond acceptors (Lipinski definition) is 2. The Kier molecular flexibility index (Phi) is 3.97. The van der Waals surface area contributed by atoms with Gasteiger partial charge in [0, 0.05) is 12.8 Å². The lowest BCUT2D eigenvalue weighted by molar-refractivity contribution is 0.653. The second kappa shape index (κ2) is 5.69. The minimum Gasteiger partial charge on any atom is -0.266 e. The molecule has 16 heavy (non-hydrogen) atoms. The minimum atomic E-state index is 1.04. The van der Waals surface area contributed by atoms with Gasteiger partial charge < -0.3 is 0 Å². The van der Waals surface area contributed by atoms with Crippen molar-refractivity contribution in [3.05, 3.63) is 29.8 Å². The molecule has 2 nitrogen and oxygen atoms in total. The van der Waals surface area contributed by atoms with Gasteiger partial charge >= 0.3 is 0 Å². The molecule has 0 aliphatic carbocycles. The van der Waals surface area contributed by atoms with Gasteiger partial charge in [-0.05, 0) is 37.8 Å². The maximum absolute atomic E-state index is 4.58. The van der Waals surface area contributed by atoms with Crippen LogP contribution in [0.5, 0.6) is 0 Å². The SMILES string of the molecule is Cc1ccccc1N1CCCCCC/C=N\1. The van der Waals surface area contributed by atoms with Crippen molar-refractivity contribution in [2.75, 3.05) is 11.6 Å². The molecule has 86 valence electrons. The molecule has 2 heteroatoms. The first-order valence-corrected chi connectivity index (χ1v) is 6.23. The summed E-state index contributed by atoms with van der Waals surface area (Å²) in [7, 11) is 0. The van der Waals surface area contributed by atoms with Crippen LogP contribution >= 0.6 is 0 Å². The summed E-state index contributed by atoms with van der Waals surface area (Å²) in [4.78, 5) is 0. The van der Waals surface area contributed by atoms with E-state index in [2.05, 4.69) is 47.5 Å². The van der Waals surface area contributed by atoms with E-state index in [1.54, 1.807) is 0 Å². The molecule has 0 bridgehead atoms. The third kappa shape index (κ3) is 2.84. The van der Waals surface area contributed by atoms with E-state index in [0.717, 1.165) is 13.0 Å². The maximum atomic E-state index is 4.58. The van der Waals surface area contributed by atoms with Crippen molar-refractivity contribution in [3.63, 3.8) is 0 Å². The van der Waals surface area contributed by atoms with E-state index in [9.17, 15) is 0 Å². The molecule has 0 unspecified atom stereocenters. The van der Waals surface area contributed by atoms with E-state index in [-0.39, 0.29) is 0 Å². The molecule has 2 rings (SSSR count). The van der Waals surface area contributed by atoms with Gasteiger partial charge in [-0.2, -0.15) is 5.10 Å². The van der Waals surface area contributed by atoms with Crippen molar-refractivity contribution in [3.8, 4) is 0 Å². The summed E-state index contributed by atoms with van der Waals surface area (Å²) in [6.07, 6.45) is 8.37. The first-order valence-electron chi connectivity index (χ1n) is 6.23. The smallest absolute Gasteiger partial charge is 0.0622 e.